The molecule has 1 amide bonds. The summed E-state index contributed by atoms with van der Waals surface area (Å²) in [6.07, 6.45) is 2.13. The molecule has 0 aliphatic carbocycles. The summed E-state index contributed by atoms with van der Waals surface area (Å²) in [6.45, 7) is 4.00. The topological polar surface area (TPSA) is 76.1 Å². The number of ether oxygens (including phenoxy) is 1. The number of anilines is 1. The van der Waals surface area contributed by atoms with E-state index in [1.165, 1.54) is 0 Å². The molecule has 0 radical (unpaired) electrons. The summed E-state index contributed by atoms with van der Waals surface area (Å²) in [5, 5.41) is 6.20. The van der Waals surface area contributed by atoms with Gasteiger partial charge in [-0.25, -0.2) is 9.97 Å². The van der Waals surface area contributed by atoms with Crippen molar-refractivity contribution in [2.45, 2.75) is 19.4 Å². The maximum Gasteiger partial charge on any atom is 0.226 e. The van der Waals surface area contributed by atoms with Gasteiger partial charge in [-0.1, -0.05) is 12.1 Å². The van der Waals surface area contributed by atoms with E-state index in [2.05, 4.69) is 20.6 Å². The summed E-state index contributed by atoms with van der Waals surface area (Å²) in [5.41, 5.74) is 2.53. The van der Waals surface area contributed by atoms with Gasteiger partial charge in [0.15, 0.2) is 5.82 Å². The number of aryl methyl sites for hydroxylation is 1. The molecule has 120 valence electrons. The van der Waals surface area contributed by atoms with Crippen LogP contribution in [0.25, 0.3) is 11.4 Å². The summed E-state index contributed by atoms with van der Waals surface area (Å²) < 4.78 is 5.36. The third-order valence-electron chi connectivity index (χ3n) is 3.63. The Bertz CT molecular complexity index is 684. The van der Waals surface area contributed by atoms with Gasteiger partial charge in [0.25, 0.3) is 0 Å². The highest BCUT2D eigenvalue weighted by Gasteiger charge is 2.17. The van der Waals surface area contributed by atoms with Crippen molar-refractivity contribution in [1.82, 2.24) is 15.3 Å². The second kappa shape index (κ2) is 7.30. The Balaban J connectivity index is 1.66. The van der Waals surface area contributed by atoms with Gasteiger partial charge < -0.3 is 15.4 Å². The van der Waals surface area contributed by atoms with E-state index >= 15 is 0 Å². The first-order valence-corrected chi connectivity index (χ1v) is 7.72. The zero-order valence-corrected chi connectivity index (χ0v) is 13.1. The Labute approximate surface area is 135 Å². The smallest absolute Gasteiger partial charge is 0.226 e. The van der Waals surface area contributed by atoms with E-state index in [0.29, 0.717) is 25.5 Å². The number of amides is 1. The lowest BCUT2D eigenvalue weighted by molar-refractivity contribution is -0.117. The van der Waals surface area contributed by atoms with Gasteiger partial charge in [-0.15, -0.1) is 0 Å². The molecular weight excluding hydrogens is 292 g/mol. The molecular formula is C17H20N4O2. The summed E-state index contributed by atoms with van der Waals surface area (Å²) in [7, 11) is 0. The SMILES string of the molecule is Cc1ccnc(-c2cccc(NC(=O)CC3COCCN3)c2)n1. The molecule has 2 aromatic rings. The predicted octanol–water partition coefficient (Wildman–Crippen LogP) is 1.77. The summed E-state index contributed by atoms with van der Waals surface area (Å²) in [6, 6.07) is 9.50. The van der Waals surface area contributed by atoms with Gasteiger partial charge in [0.2, 0.25) is 5.91 Å². The number of nitrogens with zero attached hydrogens (tertiary/aromatic N) is 2. The third-order valence-corrected chi connectivity index (χ3v) is 3.63. The first-order valence-electron chi connectivity index (χ1n) is 7.72. The maximum absolute atomic E-state index is 12.1. The summed E-state index contributed by atoms with van der Waals surface area (Å²) in [5.74, 6) is 0.624. The number of hydrogen-bond acceptors (Lipinski definition) is 5. The lowest BCUT2D eigenvalue weighted by Crippen LogP contribution is -2.43. The fourth-order valence-electron chi connectivity index (χ4n) is 2.51. The predicted molar refractivity (Wildman–Crippen MR) is 88.1 cm³/mol. The minimum Gasteiger partial charge on any atom is -0.378 e. The molecule has 0 spiro atoms. The van der Waals surface area contributed by atoms with Crippen LogP contribution in [0.3, 0.4) is 0 Å². The van der Waals surface area contributed by atoms with Crippen LogP contribution >= 0.6 is 0 Å². The molecule has 1 fully saturated rings. The molecule has 1 aromatic heterocycles. The number of hydrogen-bond donors (Lipinski definition) is 2. The molecule has 1 atom stereocenters. The van der Waals surface area contributed by atoms with Crippen molar-refractivity contribution in [2.75, 3.05) is 25.1 Å². The normalized spacial score (nSPS) is 17.7. The molecule has 1 saturated heterocycles. The molecule has 1 aliphatic rings. The maximum atomic E-state index is 12.1. The van der Waals surface area contributed by atoms with Gasteiger partial charge in [0.05, 0.1) is 13.2 Å². The van der Waals surface area contributed by atoms with Crippen LogP contribution in [0, 0.1) is 6.92 Å². The molecule has 2 heterocycles. The Morgan fingerprint density at radius 1 is 1.43 bits per heavy atom. The molecule has 0 bridgehead atoms. The van der Waals surface area contributed by atoms with Gasteiger partial charge in [0.1, 0.15) is 0 Å². The minimum atomic E-state index is -0.0321. The van der Waals surface area contributed by atoms with Crippen LogP contribution in [0.1, 0.15) is 12.1 Å². The zero-order chi connectivity index (χ0) is 16.1. The Hall–Kier alpha value is -2.31. The van der Waals surface area contributed by atoms with Crippen molar-refractivity contribution in [1.29, 1.82) is 0 Å². The molecule has 23 heavy (non-hydrogen) atoms. The number of nitrogens with one attached hydrogen (secondary N) is 2. The van der Waals surface area contributed by atoms with E-state index < -0.39 is 0 Å². The van der Waals surface area contributed by atoms with Crippen LogP contribution in [-0.4, -0.2) is 41.7 Å². The molecule has 1 aliphatic heterocycles. The van der Waals surface area contributed by atoms with E-state index in [9.17, 15) is 4.79 Å². The first-order chi connectivity index (χ1) is 11.2. The van der Waals surface area contributed by atoms with Crippen LogP contribution < -0.4 is 10.6 Å². The summed E-state index contributed by atoms with van der Waals surface area (Å²) >= 11 is 0. The quantitative estimate of drug-likeness (QED) is 0.900. The summed E-state index contributed by atoms with van der Waals surface area (Å²) in [4.78, 5) is 20.8. The largest absolute Gasteiger partial charge is 0.378 e. The van der Waals surface area contributed by atoms with Gasteiger partial charge in [-0.05, 0) is 25.1 Å². The van der Waals surface area contributed by atoms with E-state index in [1.54, 1.807) is 6.20 Å². The fourth-order valence-corrected chi connectivity index (χ4v) is 2.51. The van der Waals surface area contributed by atoms with Crippen LogP contribution in [0.4, 0.5) is 5.69 Å². The number of benzene rings is 1. The molecule has 1 unspecified atom stereocenters. The van der Waals surface area contributed by atoms with Crippen molar-refractivity contribution in [3.8, 4) is 11.4 Å². The number of morpholine rings is 1. The Kier molecular flexibility index (Phi) is 4.95. The molecule has 6 nitrogen and oxygen atoms in total. The average Bonchev–Trinajstić information content (AvgIpc) is 2.56. The van der Waals surface area contributed by atoms with E-state index in [4.69, 9.17) is 4.74 Å². The fraction of sp³-hybridized carbons (Fsp3) is 0.353. The second-order valence-corrected chi connectivity index (χ2v) is 5.58. The van der Waals surface area contributed by atoms with Crippen molar-refractivity contribution >= 4 is 11.6 Å². The van der Waals surface area contributed by atoms with Crippen LogP contribution in [0.5, 0.6) is 0 Å². The van der Waals surface area contributed by atoms with Gasteiger partial charge >= 0.3 is 0 Å². The lowest BCUT2D eigenvalue weighted by atomic mass is 10.1. The molecule has 2 N–H and O–H groups in total. The third kappa shape index (κ3) is 4.34. The first kappa shape index (κ1) is 15.6. The van der Waals surface area contributed by atoms with Crippen molar-refractivity contribution in [3.05, 3.63) is 42.2 Å². The number of aromatic nitrogens is 2. The molecule has 6 heteroatoms. The van der Waals surface area contributed by atoms with Crippen molar-refractivity contribution < 1.29 is 9.53 Å². The molecule has 1 aromatic carbocycles. The van der Waals surface area contributed by atoms with Crippen LogP contribution in [0.2, 0.25) is 0 Å². The average molecular weight is 312 g/mol. The number of rotatable bonds is 4. The standard InChI is InChI=1S/C17H20N4O2/c1-12-5-6-19-17(20-12)13-3-2-4-14(9-13)21-16(22)10-15-11-23-8-7-18-15/h2-6,9,15,18H,7-8,10-11H2,1H3,(H,21,22). The Morgan fingerprint density at radius 3 is 3.13 bits per heavy atom. The van der Waals surface area contributed by atoms with E-state index in [1.807, 2.05) is 37.3 Å². The highest BCUT2D eigenvalue weighted by atomic mass is 16.5. The molecule has 3 rings (SSSR count). The van der Waals surface area contributed by atoms with Crippen molar-refractivity contribution in [2.24, 2.45) is 0 Å². The van der Waals surface area contributed by atoms with Crippen molar-refractivity contribution in [3.63, 3.8) is 0 Å². The highest BCUT2D eigenvalue weighted by Crippen LogP contribution is 2.19. The monoisotopic (exact) mass is 312 g/mol. The van der Waals surface area contributed by atoms with Crippen LogP contribution in [-0.2, 0) is 9.53 Å². The van der Waals surface area contributed by atoms with E-state index in [-0.39, 0.29) is 11.9 Å². The second-order valence-electron chi connectivity index (χ2n) is 5.58. The zero-order valence-electron chi connectivity index (χ0n) is 13.1. The van der Waals surface area contributed by atoms with Gasteiger partial charge in [-0.2, -0.15) is 0 Å². The highest BCUT2D eigenvalue weighted by molar-refractivity contribution is 5.91. The lowest BCUT2D eigenvalue weighted by Gasteiger charge is -2.23. The number of carbonyl (C=O) groups is 1. The number of carbonyl (C=O) groups excluding carboxylic acids is 1. The minimum absolute atomic E-state index is 0.0321. The van der Waals surface area contributed by atoms with Gasteiger partial charge in [0, 0.05) is 42.1 Å². The van der Waals surface area contributed by atoms with Crippen LogP contribution in [0.15, 0.2) is 36.5 Å². The molecule has 0 saturated carbocycles. The Morgan fingerprint density at radius 2 is 2.35 bits per heavy atom. The van der Waals surface area contributed by atoms with Gasteiger partial charge in [-0.3, -0.25) is 4.79 Å². The van der Waals surface area contributed by atoms with E-state index in [0.717, 1.165) is 23.5 Å².